The Kier molecular flexibility index (Phi) is 8.07. The summed E-state index contributed by atoms with van der Waals surface area (Å²) < 4.78 is 22.1. The molecular formula is C28H34N2O6. The predicted octanol–water partition coefficient (Wildman–Crippen LogP) is 4.54. The molecule has 192 valence electrons. The number of nitrogens with zero attached hydrogens (tertiary/aromatic N) is 2. The van der Waals surface area contributed by atoms with E-state index in [-0.39, 0.29) is 17.7 Å². The van der Waals surface area contributed by atoms with Crippen molar-refractivity contribution in [1.82, 2.24) is 9.80 Å². The zero-order chi connectivity index (χ0) is 25.7. The van der Waals surface area contributed by atoms with E-state index in [1.165, 1.54) is 0 Å². The van der Waals surface area contributed by atoms with Crippen LogP contribution in [0.15, 0.2) is 54.6 Å². The van der Waals surface area contributed by atoms with Gasteiger partial charge in [-0.3, -0.25) is 9.80 Å². The van der Waals surface area contributed by atoms with Crippen LogP contribution >= 0.6 is 0 Å². The first-order valence-electron chi connectivity index (χ1n) is 11.9. The Labute approximate surface area is 212 Å². The minimum atomic E-state index is -0.208. The van der Waals surface area contributed by atoms with Crippen molar-refractivity contribution in [2.45, 2.75) is 25.7 Å². The second-order valence-electron chi connectivity index (χ2n) is 8.69. The summed E-state index contributed by atoms with van der Waals surface area (Å²) in [6.07, 6.45) is 0.707. The number of aromatic hydroxyl groups is 2. The van der Waals surface area contributed by atoms with Crippen LogP contribution in [0.2, 0.25) is 0 Å². The van der Waals surface area contributed by atoms with Crippen molar-refractivity contribution >= 4 is 0 Å². The number of ether oxygens (including phenoxy) is 4. The van der Waals surface area contributed by atoms with Gasteiger partial charge in [0.25, 0.3) is 0 Å². The average molecular weight is 495 g/mol. The monoisotopic (exact) mass is 494 g/mol. The molecule has 1 heterocycles. The Morgan fingerprint density at radius 2 is 1.14 bits per heavy atom. The van der Waals surface area contributed by atoms with Gasteiger partial charge in [-0.1, -0.05) is 36.4 Å². The van der Waals surface area contributed by atoms with Crippen molar-refractivity contribution in [2.75, 3.05) is 41.5 Å². The third kappa shape index (κ3) is 5.01. The van der Waals surface area contributed by atoms with Crippen LogP contribution in [0.1, 0.15) is 29.3 Å². The van der Waals surface area contributed by atoms with E-state index in [1.54, 1.807) is 40.6 Å². The molecule has 0 unspecified atom stereocenters. The minimum absolute atomic E-state index is 0.138. The fourth-order valence-electron chi connectivity index (χ4n) is 4.95. The number of rotatable bonds is 9. The van der Waals surface area contributed by atoms with Crippen LogP contribution in [0.5, 0.6) is 34.5 Å². The van der Waals surface area contributed by atoms with Gasteiger partial charge in [0.05, 0.1) is 34.6 Å². The van der Waals surface area contributed by atoms with Gasteiger partial charge in [0.2, 0.25) is 0 Å². The zero-order valence-electron chi connectivity index (χ0n) is 21.2. The summed E-state index contributed by atoms with van der Waals surface area (Å²) in [5, 5.41) is 21.6. The molecule has 2 N–H and O–H groups in total. The van der Waals surface area contributed by atoms with Crippen LogP contribution in [0.25, 0.3) is 0 Å². The number of hydrogen-bond donors (Lipinski definition) is 2. The lowest BCUT2D eigenvalue weighted by Crippen LogP contribution is -2.47. The highest BCUT2D eigenvalue weighted by molar-refractivity contribution is 5.49. The van der Waals surface area contributed by atoms with Gasteiger partial charge >= 0.3 is 0 Å². The maximum atomic E-state index is 10.8. The fraction of sp³-hybridized carbons (Fsp3) is 0.357. The molecule has 8 nitrogen and oxygen atoms in total. The van der Waals surface area contributed by atoms with E-state index in [1.807, 2.05) is 42.5 Å². The van der Waals surface area contributed by atoms with Crippen LogP contribution in [0.4, 0.5) is 0 Å². The Morgan fingerprint density at radius 1 is 0.667 bits per heavy atom. The largest absolute Gasteiger partial charge is 0.504 e. The van der Waals surface area contributed by atoms with Crippen LogP contribution in [-0.2, 0) is 13.1 Å². The SMILES string of the molecule is COc1cccc(CN2CCCN(Cc3cccc(OC)c3O)C2c2cccc(OC)c2OC)c1O. The van der Waals surface area contributed by atoms with Crippen molar-refractivity contribution in [1.29, 1.82) is 0 Å². The molecular weight excluding hydrogens is 460 g/mol. The molecule has 1 aliphatic heterocycles. The van der Waals surface area contributed by atoms with Crippen molar-refractivity contribution in [3.63, 3.8) is 0 Å². The van der Waals surface area contributed by atoms with E-state index < -0.39 is 0 Å². The average Bonchev–Trinajstić information content (AvgIpc) is 2.90. The molecule has 36 heavy (non-hydrogen) atoms. The maximum absolute atomic E-state index is 10.8. The lowest BCUT2D eigenvalue weighted by atomic mass is 10.0. The molecule has 1 saturated heterocycles. The number of hydrogen-bond acceptors (Lipinski definition) is 8. The molecule has 3 aromatic carbocycles. The van der Waals surface area contributed by atoms with Crippen LogP contribution in [0, 0.1) is 0 Å². The summed E-state index contributed by atoms with van der Waals surface area (Å²) in [6.45, 7) is 2.61. The van der Waals surface area contributed by atoms with Gasteiger partial charge in [-0.2, -0.15) is 0 Å². The molecule has 0 atom stereocenters. The normalized spacial score (nSPS) is 15.0. The summed E-state index contributed by atoms with van der Waals surface area (Å²) in [5.41, 5.74) is 2.49. The Bertz CT molecular complexity index is 1120. The van der Waals surface area contributed by atoms with E-state index in [4.69, 9.17) is 18.9 Å². The number of phenols is 2. The topological polar surface area (TPSA) is 83.9 Å². The van der Waals surface area contributed by atoms with Gasteiger partial charge in [0.1, 0.15) is 0 Å². The van der Waals surface area contributed by atoms with Crippen molar-refractivity contribution < 1.29 is 29.2 Å². The fourth-order valence-corrected chi connectivity index (χ4v) is 4.95. The van der Waals surface area contributed by atoms with Gasteiger partial charge in [-0.05, 0) is 24.6 Å². The van der Waals surface area contributed by atoms with Gasteiger partial charge < -0.3 is 29.2 Å². The smallest absolute Gasteiger partial charge is 0.166 e. The summed E-state index contributed by atoms with van der Waals surface area (Å²) >= 11 is 0. The second-order valence-corrected chi connectivity index (χ2v) is 8.69. The Morgan fingerprint density at radius 3 is 1.61 bits per heavy atom. The van der Waals surface area contributed by atoms with Crippen molar-refractivity contribution in [3.8, 4) is 34.5 Å². The highest BCUT2D eigenvalue weighted by atomic mass is 16.5. The Balaban J connectivity index is 1.77. The predicted molar refractivity (Wildman–Crippen MR) is 137 cm³/mol. The van der Waals surface area contributed by atoms with Crippen LogP contribution in [0.3, 0.4) is 0 Å². The van der Waals surface area contributed by atoms with E-state index in [0.717, 1.165) is 36.2 Å². The number of methoxy groups -OCH3 is 4. The molecule has 0 saturated carbocycles. The van der Waals surface area contributed by atoms with Gasteiger partial charge in [0.15, 0.2) is 34.5 Å². The summed E-state index contributed by atoms with van der Waals surface area (Å²) in [7, 11) is 6.36. The van der Waals surface area contributed by atoms with Crippen molar-refractivity contribution in [3.05, 3.63) is 71.3 Å². The molecule has 4 rings (SSSR count). The van der Waals surface area contributed by atoms with Crippen molar-refractivity contribution in [2.24, 2.45) is 0 Å². The lowest BCUT2D eigenvalue weighted by molar-refractivity contribution is -0.0112. The highest BCUT2D eigenvalue weighted by Crippen LogP contribution is 2.43. The molecule has 1 aliphatic rings. The van der Waals surface area contributed by atoms with Gasteiger partial charge in [-0.15, -0.1) is 0 Å². The third-order valence-electron chi connectivity index (χ3n) is 6.65. The number of benzene rings is 3. The molecule has 0 spiro atoms. The summed E-state index contributed by atoms with van der Waals surface area (Å²) in [5.74, 6) is 2.47. The quantitative estimate of drug-likeness (QED) is 0.449. The molecule has 0 amide bonds. The van der Waals surface area contributed by atoms with E-state index in [0.29, 0.717) is 36.1 Å². The van der Waals surface area contributed by atoms with Gasteiger partial charge in [-0.25, -0.2) is 0 Å². The Hall–Kier alpha value is -3.62. The molecule has 0 radical (unpaired) electrons. The molecule has 1 fully saturated rings. The maximum Gasteiger partial charge on any atom is 0.166 e. The number of phenolic OH excluding ortho intramolecular Hbond substituents is 2. The first kappa shape index (κ1) is 25.5. The zero-order valence-corrected chi connectivity index (χ0v) is 21.2. The molecule has 0 bridgehead atoms. The van der Waals surface area contributed by atoms with E-state index in [2.05, 4.69) is 9.80 Å². The number of para-hydroxylation sites is 3. The first-order valence-corrected chi connectivity index (χ1v) is 11.9. The summed E-state index contributed by atoms with van der Waals surface area (Å²) in [4.78, 5) is 4.60. The molecule has 0 aromatic heterocycles. The van der Waals surface area contributed by atoms with E-state index in [9.17, 15) is 10.2 Å². The molecule has 3 aromatic rings. The van der Waals surface area contributed by atoms with Crippen LogP contribution in [-0.4, -0.2) is 61.5 Å². The molecule has 8 heteroatoms. The van der Waals surface area contributed by atoms with Gasteiger partial charge in [0, 0.05) is 42.9 Å². The second kappa shape index (κ2) is 11.4. The standard InChI is InChI=1S/C28H34N2O6/c1-33-22-12-5-9-19(25(22)31)17-29-15-8-16-30(18-20-10-6-13-23(34-2)26(20)32)28(29)21-11-7-14-24(35-3)27(21)36-4/h5-7,9-14,28,31-32H,8,15-18H2,1-4H3. The lowest BCUT2D eigenvalue weighted by Gasteiger charge is -2.45. The minimum Gasteiger partial charge on any atom is -0.504 e. The van der Waals surface area contributed by atoms with E-state index >= 15 is 0 Å². The highest BCUT2D eigenvalue weighted by Gasteiger charge is 2.34. The van der Waals surface area contributed by atoms with Crippen LogP contribution < -0.4 is 18.9 Å². The first-order chi connectivity index (χ1) is 17.5. The summed E-state index contributed by atoms with van der Waals surface area (Å²) in [6, 6.07) is 16.9. The third-order valence-corrected chi connectivity index (χ3v) is 6.65. The molecule has 0 aliphatic carbocycles.